The SMILES string of the molecule is CC(C)N(CCSP(C)(=O)N(C(C)C)C(C)C)C(C)C. The van der Waals surface area contributed by atoms with Crippen LogP contribution in [-0.4, -0.2) is 52.7 Å². The molecule has 0 amide bonds. The molecule has 0 bridgehead atoms. The van der Waals surface area contributed by atoms with Gasteiger partial charge in [-0.3, -0.25) is 9.46 Å². The first-order chi connectivity index (χ1) is 9.00. The van der Waals surface area contributed by atoms with E-state index in [1.54, 1.807) is 11.4 Å². The van der Waals surface area contributed by atoms with E-state index >= 15 is 0 Å². The van der Waals surface area contributed by atoms with Crippen molar-refractivity contribution in [2.45, 2.75) is 79.6 Å². The smallest absolute Gasteiger partial charge is 0.200 e. The van der Waals surface area contributed by atoms with Crippen molar-refractivity contribution in [1.29, 1.82) is 0 Å². The Morgan fingerprint density at radius 3 is 1.55 bits per heavy atom. The highest BCUT2D eigenvalue weighted by atomic mass is 32.7. The standard InChI is InChI=1S/C15H35N2OPS/c1-12(2)16(13(3)4)10-11-20-19(9,18)17(14(5)6)15(7)8/h12-15H,10-11H2,1-9H3. The summed E-state index contributed by atoms with van der Waals surface area (Å²) >= 11 is 1.65. The van der Waals surface area contributed by atoms with E-state index < -0.39 is 6.49 Å². The second-order valence-corrected chi connectivity index (χ2v) is 12.2. The third kappa shape index (κ3) is 6.51. The molecular formula is C15H35N2OPS. The molecule has 0 aliphatic heterocycles. The zero-order valence-electron chi connectivity index (χ0n) is 14.9. The second-order valence-electron chi connectivity index (χ2n) is 6.63. The molecule has 5 heteroatoms. The molecule has 0 aromatic heterocycles. The molecule has 0 rings (SSSR count). The van der Waals surface area contributed by atoms with Crippen LogP contribution in [0.4, 0.5) is 0 Å². The Hall–Kier alpha value is 0.500. The number of nitrogens with zero attached hydrogens (tertiary/aromatic N) is 2. The van der Waals surface area contributed by atoms with Crippen LogP contribution >= 0.6 is 17.9 Å². The van der Waals surface area contributed by atoms with Gasteiger partial charge >= 0.3 is 0 Å². The molecule has 0 aromatic carbocycles. The van der Waals surface area contributed by atoms with Crippen LogP contribution < -0.4 is 0 Å². The number of hydrogen-bond donors (Lipinski definition) is 0. The third-order valence-electron chi connectivity index (χ3n) is 3.48. The van der Waals surface area contributed by atoms with Crippen LogP contribution in [0, 0.1) is 0 Å². The molecule has 3 nitrogen and oxygen atoms in total. The maximum atomic E-state index is 13.0. The molecule has 0 fully saturated rings. The summed E-state index contributed by atoms with van der Waals surface area (Å²) in [5.74, 6) is 0.931. The normalized spacial score (nSPS) is 16.1. The van der Waals surface area contributed by atoms with Gasteiger partial charge in [-0.1, -0.05) is 11.4 Å². The highest BCUT2D eigenvalue weighted by Crippen LogP contribution is 2.60. The molecule has 0 saturated heterocycles. The zero-order valence-corrected chi connectivity index (χ0v) is 16.6. The van der Waals surface area contributed by atoms with Gasteiger partial charge in [-0.25, -0.2) is 4.67 Å². The molecule has 20 heavy (non-hydrogen) atoms. The minimum absolute atomic E-state index is 0.324. The molecule has 0 aliphatic carbocycles. The van der Waals surface area contributed by atoms with Crippen LogP contribution in [0.1, 0.15) is 55.4 Å². The van der Waals surface area contributed by atoms with Gasteiger partial charge in [0.25, 0.3) is 0 Å². The summed E-state index contributed by atoms with van der Waals surface area (Å²) < 4.78 is 15.2. The third-order valence-corrected chi connectivity index (χ3v) is 8.64. The summed E-state index contributed by atoms with van der Waals surface area (Å²) in [5.41, 5.74) is 0. The Balaban J connectivity index is 4.59. The fourth-order valence-electron chi connectivity index (χ4n) is 2.93. The quantitative estimate of drug-likeness (QED) is 0.570. The minimum atomic E-state index is -2.31. The lowest BCUT2D eigenvalue weighted by Crippen LogP contribution is -2.38. The Labute approximate surface area is 131 Å². The van der Waals surface area contributed by atoms with Gasteiger partial charge in [0, 0.05) is 43.1 Å². The van der Waals surface area contributed by atoms with E-state index in [2.05, 4.69) is 65.0 Å². The summed E-state index contributed by atoms with van der Waals surface area (Å²) in [5, 5.41) is 0. The number of rotatable bonds is 9. The first-order valence-corrected chi connectivity index (χ1v) is 11.5. The van der Waals surface area contributed by atoms with E-state index in [0.29, 0.717) is 24.2 Å². The summed E-state index contributed by atoms with van der Waals surface area (Å²) in [7, 11) is 0. The molecule has 0 N–H and O–H groups in total. The average Bonchev–Trinajstić information content (AvgIpc) is 2.20. The first kappa shape index (κ1) is 20.5. The van der Waals surface area contributed by atoms with Gasteiger partial charge in [-0.15, -0.1) is 0 Å². The van der Waals surface area contributed by atoms with E-state index in [1.165, 1.54) is 0 Å². The van der Waals surface area contributed by atoms with E-state index in [1.807, 2.05) is 6.66 Å². The van der Waals surface area contributed by atoms with Gasteiger partial charge in [0.2, 0.25) is 6.49 Å². The van der Waals surface area contributed by atoms with Gasteiger partial charge in [-0.2, -0.15) is 0 Å². The fraction of sp³-hybridized carbons (Fsp3) is 1.00. The van der Waals surface area contributed by atoms with Crippen molar-refractivity contribution in [2.75, 3.05) is 19.0 Å². The summed E-state index contributed by atoms with van der Waals surface area (Å²) in [6, 6.07) is 1.73. The lowest BCUT2D eigenvalue weighted by atomic mass is 10.2. The molecule has 122 valence electrons. The molecule has 0 saturated carbocycles. The molecule has 0 radical (unpaired) electrons. The second kappa shape index (κ2) is 8.82. The summed E-state index contributed by atoms with van der Waals surface area (Å²) in [6.45, 7) is 18.0. The predicted octanol–water partition coefficient (Wildman–Crippen LogP) is 4.78. The van der Waals surface area contributed by atoms with Gasteiger partial charge in [0.1, 0.15) is 0 Å². The van der Waals surface area contributed by atoms with Crippen LogP contribution in [-0.2, 0) is 4.57 Å². The molecule has 0 aromatic rings. The van der Waals surface area contributed by atoms with Gasteiger partial charge in [0.05, 0.1) is 0 Å². The zero-order chi connectivity index (χ0) is 16.1. The van der Waals surface area contributed by atoms with Crippen LogP contribution in [0.15, 0.2) is 0 Å². The van der Waals surface area contributed by atoms with Crippen LogP contribution in [0.2, 0.25) is 0 Å². The van der Waals surface area contributed by atoms with Crippen molar-refractivity contribution in [3.8, 4) is 0 Å². The molecule has 1 atom stereocenters. The lowest BCUT2D eigenvalue weighted by Gasteiger charge is -2.36. The Morgan fingerprint density at radius 2 is 1.25 bits per heavy atom. The van der Waals surface area contributed by atoms with Gasteiger partial charge in [0.15, 0.2) is 0 Å². The van der Waals surface area contributed by atoms with E-state index in [9.17, 15) is 4.57 Å². The van der Waals surface area contributed by atoms with Crippen LogP contribution in [0.3, 0.4) is 0 Å². The van der Waals surface area contributed by atoms with Crippen molar-refractivity contribution >= 4 is 17.9 Å². The largest absolute Gasteiger partial charge is 0.298 e. The molecule has 1 unspecified atom stereocenters. The van der Waals surface area contributed by atoms with Crippen molar-refractivity contribution in [3.63, 3.8) is 0 Å². The summed E-state index contributed by atoms with van der Waals surface area (Å²) in [4.78, 5) is 2.46. The lowest BCUT2D eigenvalue weighted by molar-refractivity contribution is 0.187. The van der Waals surface area contributed by atoms with Crippen molar-refractivity contribution in [1.82, 2.24) is 9.57 Å². The highest BCUT2D eigenvalue weighted by molar-refractivity contribution is 8.57. The van der Waals surface area contributed by atoms with Crippen molar-refractivity contribution in [2.24, 2.45) is 0 Å². The predicted molar refractivity (Wildman–Crippen MR) is 95.1 cm³/mol. The molecular weight excluding hydrogens is 287 g/mol. The van der Waals surface area contributed by atoms with Crippen molar-refractivity contribution < 1.29 is 4.57 Å². The average molecular weight is 322 g/mol. The fourth-order valence-corrected chi connectivity index (χ4v) is 8.17. The van der Waals surface area contributed by atoms with Gasteiger partial charge in [-0.05, 0) is 55.4 Å². The molecule has 0 aliphatic rings. The number of hydrogen-bond acceptors (Lipinski definition) is 3. The summed E-state index contributed by atoms with van der Waals surface area (Å²) in [6.07, 6.45) is 0. The van der Waals surface area contributed by atoms with E-state index in [0.717, 1.165) is 12.3 Å². The maximum absolute atomic E-state index is 13.0. The topological polar surface area (TPSA) is 23.6 Å². The first-order valence-electron chi connectivity index (χ1n) is 7.77. The maximum Gasteiger partial charge on any atom is 0.200 e. The van der Waals surface area contributed by atoms with Crippen LogP contribution in [0.25, 0.3) is 0 Å². The minimum Gasteiger partial charge on any atom is -0.298 e. The molecule has 0 heterocycles. The Kier molecular flexibility index (Phi) is 9.05. The monoisotopic (exact) mass is 322 g/mol. The van der Waals surface area contributed by atoms with Crippen LogP contribution in [0.5, 0.6) is 0 Å². The Morgan fingerprint density at radius 1 is 0.850 bits per heavy atom. The highest BCUT2D eigenvalue weighted by Gasteiger charge is 2.30. The molecule has 0 spiro atoms. The van der Waals surface area contributed by atoms with Gasteiger partial charge < -0.3 is 0 Å². The van der Waals surface area contributed by atoms with E-state index in [-0.39, 0.29) is 0 Å². The Bertz CT molecular complexity index is 303. The van der Waals surface area contributed by atoms with E-state index in [4.69, 9.17) is 0 Å². The van der Waals surface area contributed by atoms with Crippen molar-refractivity contribution in [3.05, 3.63) is 0 Å².